The van der Waals surface area contributed by atoms with Crippen LogP contribution < -0.4 is 4.90 Å². The number of carboxylic acids is 1. The lowest BCUT2D eigenvalue weighted by Gasteiger charge is -2.20. The first-order valence-electron chi connectivity index (χ1n) is 5.27. The van der Waals surface area contributed by atoms with E-state index in [-0.39, 0.29) is 11.3 Å². The summed E-state index contributed by atoms with van der Waals surface area (Å²) in [4.78, 5) is 23.0. The topological polar surface area (TPSA) is 83.7 Å². The van der Waals surface area contributed by atoms with Gasteiger partial charge in [-0.3, -0.25) is 10.1 Å². The fourth-order valence-electron chi connectivity index (χ4n) is 1.63. The van der Waals surface area contributed by atoms with Gasteiger partial charge in [-0.25, -0.2) is 4.79 Å². The smallest absolute Gasteiger partial charge is 0.335 e. The Morgan fingerprint density at radius 2 is 2.00 bits per heavy atom. The molecule has 0 fully saturated rings. The summed E-state index contributed by atoms with van der Waals surface area (Å²) < 4.78 is 0. The number of benzene rings is 1. The minimum Gasteiger partial charge on any atom is -0.478 e. The Morgan fingerprint density at radius 1 is 1.41 bits per heavy atom. The van der Waals surface area contributed by atoms with E-state index in [0.29, 0.717) is 18.8 Å². The lowest BCUT2D eigenvalue weighted by Crippen LogP contribution is -2.23. The highest BCUT2D eigenvalue weighted by atomic mass is 16.6. The fraction of sp³-hybridized carbons (Fsp3) is 0.364. The first-order chi connectivity index (χ1) is 8.01. The van der Waals surface area contributed by atoms with Crippen molar-refractivity contribution >= 4 is 17.3 Å². The first kappa shape index (κ1) is 13.0. The van der Waals surface area contributed by atoms with Crippen LogP contribution in [0.1, 0.15) is 24.2 Å². The molecule has 0 radical (unpaired) electrons. The number of carboxylic acid groups (broad SMARTS) is 1. The van der Waals surface area contributed by atoms with E-state index in [9.17, 15) is 14.9 Å². The van der Waals surface area contributed by atoms with Gasteiger partial charge in [-0.1, -0.05) is 0 Å². The number of rotatable bonds is 5. The average molecular weight is 238 g/mol. The van der Waals surface area contributed by atoms with Gasteiger partial charge in [-0.05, 0) is 26.0 Å². The SMILES string of the molecule is CCN(CC)c1cc(C(=O)O)ccc1[N+](=O)[O-]. The number of anilines is 1. The molecule has 0 spiro atoms. The molecule has 0 aliphatic carbocycles. The van der Waals surface area contributed by atoms with E-state index in [1.807, 2.05) is 13.8 Å². The first-order valence-corrected chi connectivity index (χ1v) is 5.27. The molecular formula is C11H14N2O4. The molecule has 0 unspecified atom stereocenters. The van der Waals surface area contributed by atoms with Crippen LogP contribution in [0, 0.1) is 10.1 Å². The molecule has 0 atom stereocenters. The van der Waals surface area contributed by atoms with Crippen molar-refractivity contribution in [2.75, 3.05) is 18.0 Å². The van der Waals surface area contributed by atoms with Crippen molar-refractivity contribution < 1.29 is 14.8 Å². The standard InChI is InChI=1S/C11H14N2O4/c1-3-12(4-2)10-7-8(11(14)15)5-6-9(10)13(16)17/h5-7H,3-4H2,1-2H3,(H,14,15). The van der Waals surface area contributed by atoms with Crippen molar-refractivity contribution in [3.8, 4) is 0 Å². The van der Waals surface area contributed by atoms with Gasteiger partial charge in [0.1, 0.15) is 5.69 Å². The molecule has 1 aromatic rings. The van der Waals surface area contributed by atoms with Crippen molar-refractivity contribution in [1.82, 2.24) is 0 Å². The Balaban J connectivity index is 3.34. The molecule has 92 valence electrons. The van der Waals surface area contributed by atoms with Crippen molar-refractivity contribution in [3.63, 3.8) is 0 Å². The van der Waals surface area contributed by atoms with Gasteiger partial charge in [0.05, 0.1) is 10.5 Å². The molecule has 0 aliphatic rings. The summed E-state index contributed by atoms with van der Waals surface area (Å²) in [5.74, 6) is -1.09. The molecule has 6 nitrogen and oxygen atoms in total. The van der Waals surface area contributed by atoms with E-state index < -0.39 is 10.9 Å². The van der Waals surface area contributed by atoms with Gasteiger partial charge in [0.25, 0.3) is 5.69 Å². The van der Waals surface area contributed by atoms with Crippen LogP contribution in [-0.4, -0.2) is 29.1 Å². The van der Waals surface area contributed by atoms with Gasteiger partial charge in [-0.15, -0.1) is 0 Å². The summed E-state index contributed by atoms with van der Waals surface area (Å²) in [6, 6.07) is 3.82. The number of carbonyl (C=O) groups is 1. The zero-order valence-corrected chi connectivity index (χ0v) is 9.71. The molecule has 0 amide bonds. The monoisotopic (exact) mass is 238 g/mol. The highest BCUT2D eigenvalue weighted by molar-refractivity contribution is 5.90. The Labute approximate surface area is 98.6 Å². The number of aromatic carboxylic acids is 1. The lowest BCUT2D eigenvalue weighted by molar-refractivity contribution is -0.384. The quantitative estimate of drug-likeness (QED) is 0.627. The van der Waals surface area contributed by atoms with Gasteiger partial charge in [0.15, 0.2) is 0 Å². The molecule has 0 bridgehead atoms. The van der Waals surface area contributed by atoms with Gasteiger partial charge in [0.2, 0.25) is 0 Å². The molecule has 0 aliphatic heterocycles. The molecular weight excluding hydrogens is 224 g/mol. The van der Waals surface area contributed by atoms with Crippen molar-refractivity contribution in [2.24, 2.45) is 0 Å². The number of nitro groups is 1. The van der Waals surface area contributed by atoms with E-state index in [1.54, 1.807) is 4.90 Å². The van der Waals surface area contributed by atoms with Crippen LogP contribution in [0.5, 0.6) is 0 Å². The second-order valence-corrected chi connectivity index (χ2v) is 3.44. The Bertz CT molecular complexity index is 441. The number of nitro benzene ring substituents is 1. The maximum atomic E-state index is 10.9. The largest absolute Gasteiger partial charge is 0.478 e. The van der Waals surface area contributed by atoms with Gasteiger partial charge in [-0.2, -0.15) is 0 Å². The minimum absolute atomic E-state index is 0.0532. The van der Waals surface area contributed by atoms with Gasteiger partial charge < -0.3 is 10.0 Å². The molecule has 0 saturated heterocycles. The van der Waals surface area contributed by atoms with Gasteiger partial charge >= 0.3 is 5.97 Å². The molecule has 0 heterocycles. The summed E-state index contributed by atoms with van der Waals surface area (Å²) in [6.07, 6.45) is 0. The second-order valence-electron chi connectivity index (χ2n) is 3.44. The maximum absolute atomic E-state index is 10.9. The summed E-state index contributed by atoms with van der Waals surface area (Å²) in [5, 5.41) is 19.7. The summed E-state index contributed by atoms with van der Waals surface area (Å²) in [6.45, 7) is 4.89. The van der Waals surface area contributed by atoms with Crippen molar-refractivity contribution in [1.29, 1.82) is 0 Å². The van der Waals surface area contributed by atoms with Crippen LogP contribution in [0.4, 0.5) is 11.4 Å². The molecule has 1 aromatic carbocycles. The van der Waals surface area contributed by atoms with Gasteiger partial charge in [0, 0.05) is 19.2 Å². The van der Waals surface area contributed by atoms with Crippen molar-refractivity contribution in [2.45, 2.75) is 13.8 Å². The van der Waals surface area contributed by atoms with Crippen LogP contribution in [0.2, 0.25) is 0 Å². The number of nitrogens with zero attached hydrogens (tertiary/aromatic N) is 2. The molecule has 0 saturated carbocycles. The zero-order valence-electron chi connectivity index (χ0n) is 9.71. The van der Waals surface area contributed by atoms with Crippen molar-refractivity contribution in [3.05, 3.63) is 33.9 Å². The number of hydrogen-bond acceptors (Lipinski definition) is 4. The Kier molecular flexibility index (Phi) is 4.03. The average Bonchev–Trinajstić information content (AvgIpc) is 2.30. The second kappa shape index (κ2) is 5.29. The maximum Gasteiger partial charge on any atom is 0.335 e. The summed E-state index contributed by atoms with van der Waals surface area (Å²) in [5.41, 5.74) is 0.330. The summed E-state index contributed by atoms with van der Waals surface area (Å²) in [7, 11) is 0. The predicted molar refractivity (Wildman–Crippen MR) is 63.6 cm³/mol. The molecule has 1 N–H and O–H groups in total. The van der Waals surface area contributed by atoms with Crippen LogP contribution >= 0.6 is 0 Å². The highest BCUT2D eigenvalue weighted by Gasteiger charge is 2.19. The predicted octanol–water partition coefficient (Wildman–Crippen LogP) is 2.14. The molecule has 17 heavy (non-hydrogen) atoms. The van der Waals surface area contributed by atoms with Crippen LogP contribution in [0.15, 0.2) is 18.2 Å². The fourth-order valence-corrected chi connectivity index (χ4v) is 1.63. The van der Waals surface area contributed by atoms with Crippen LogP contribution in [0.3, 0.4) is 0 Å². The highest BCUT2D eigenvalue weighted by Crippen LogP contribution is 2.29. The van der Waals surface area contributed by atoms with E-state index in [1.165, 1.54) is 18.2 Å². The third-order valence-corrected chi connectivity index (χ3v) is 2.52. The normalized spacial score (nSPS) is 10.0. The third kappa shape index (κ3) is 2.72. The number of hydrogen-bond donors (Lipinski definition) is 1. The van der Waals surface area contributed by atoms with E-state index >= 15 is 0 Å². The lowest BCUT2D eigenvalue weighted by atomic mass is 10.1. The van der Waals surface area contributed by atoms with E-state index in [4.69, 9.17) is 5.11 Å². The molecule has 1 rings (SSSR count). The Hall–Kier alpha value is -2.11. The minimum atomic E-state index is -1.09. The van der Waals surface area contributed by atoms with Crippen LogP contribution in [-0.2, 0) is 0 Å². The zero-order chi connectivity index (χ0) is 13.0. The molecule has 0 aromatic heterocycles. The van der Waals surface area contributed by atoms with E-state index in [0.717, 1.165) is 0 Å². The summed E-state index contributed by atoms with van der Waals surface area (Å²) >= 11 is 0. The van der Waals surface area contributed by atoms with E-state index in [2.05, 4.69) is 0 Å². The third-order valence-electron chi connectivity index (χ3n) is 2.52. The Morgan fingerprint density at radius 3 is 2.41 bits per heavy atom. The molecule has 6 heteroatoms. The van der Waals surface area contributed by atoms with Crippen LogP contribution in [0.25, 0.3) is 0 Å².